The molecule has 120 valence electrons. The number of anilines is 1. The van der Waals surface area contributed by atoms with Crippen LogP contribution in [0.25, 0.3) is 0 Å². The highest BCUT2D eigenvalue weighted by atomic mass is 35.5. The number of carbonyl (C=O) groups excluding carboxylic acids is 1. The standard InChI is InChI=1S/C16H15Cl2N3O2/c1-23-21-14(11-5-6-12(17)13(18)10-11)7-8-16(22)20-15-4-2-3-9-19-15/h2-6,9-10H,7-8H2,1H3,(H,19,20,22)/b21-14-. The van der Waals surface area contributed by atoms with Gasteiger partial charge in [-0.15, -0.1) is 0 Å². The van der Waals surface area contributed by atoms with E-state index in [4.69, 9.17) is 28.0 Å². The first-order valence-electron chi connectivity index (χ1n) is 6.86. The topological polar surface area (TPSA) is 63.6 Å². The van der Waals surface area contributed by atoms with Gasteiger partial charge in [-0.2, -0.15) is 0 Å². The van der Waals surface area contributed by atoms with E-state index in [2.05, 4.69) is 15.5 Å². The lowest BCUT2D eigenvalue weighted by Gasteiger charge is -2.08. The molecule has 0 bridgehead atoms. The zero-order chi connectivity index (χ0) is 16.7. The molecule has 2 aromatic rings. The second-order valence-electron chi connectivity index (χ2n) is 4.61. The van der Waals surface area contributed by atoms with Crippen LogP contribution in [0.3, 0.4) is 0 Å². The van der Waals surface area contributed by atoms with E-state index in [0.717, 1.165) is 5.56 Å². The molecule has 23 heavy (non-hydrogen) atoms. The molecular formula is C16H15Cl2N3O2. The molecule has 1 heterocycles. The van der Waals surface area contributed by atoms with Gasteiger partial charge in [-0.1, -0.05) is 40.5 Å². The average Bonchev–Trinajstić information content (AvgIpc) is 2.55. The minimum atomic E-state index is -0.160. The van der Waals surface area contributed by atoms with Crippen molar-refractivity contribution in [2.45, 2.75) is 12.8 Å². The first-order chi connectivity index (χ1) is 11.1. The van der Waals surface area contributed by atoms with Crippen molar-refractivity contribution >= 4 is 40.6 Å². The normalized spacial score (nSPS) is 11.2. The van der Waals surface area contributed by atoms with Crippen molar-refractivity contribution in [2.75, 3.05) is 12.4 Å². The molecule has 0 saturated heterocycles. The summed E-state index contributed by atoms with van der Waals surface area (Å²) in [6.07, 6.45) is 2.24. The number of benzene rings is 1. The van der Waals surface area contributed by atoms with E-state index in [1.807, 2.05) is 0 Å². The molecule has 1 amide bonds. The van der Waals surface area contributed by atoms with E-state index in [0.29, 0.717) is 28.0 Å². The van der Waals surface area contributed by atoms with Gasteiger partial charge >= 0.3 is 0 Å². The third-order valence-corrected chi connectivity index (χ3v) is 3.71. The van der Waals surface area contributed by atoms with Gasteiger partial charge in [0.15, 0.2) is 0 Å². The van der Waals surface area contributed by atoms with Crippen LogP contribution >= 0.6 is 23.2 Å². The number of pyridine rings is 1. The maximum atomic E-state index is 12.0. The molecule has 7 heteroatoms. The van der Waals surface area contributed by atoms with Gasteiger partial charge in [0.1, 0.15) is 12.9 Å². The van der Waals surface area contributed by atoms with Gasteiger partial charge in [0.2, 0.25) is 5.91 Å². The summed E-state index contributed by atoms with van der Waals surface area (Å²) in [5, 5.41) is 7.56. The Balaban J connectivity index is 2.01. The van der Waals surface area contributed by atoms with Crippen molar-refractivity contribution < 1.29 is 9.63 Å². The number of oxime groups is 1. The van der Waals surface area contributed by atoms with Gasteiger partial charge in [-0.05, 0) is 24.3 Å². The fourth-order valence-corrected chi connectivity index (χ4v) is 2.20. The van der Waals surface area contributed by atoms with E-state index in [-0.39, 0.29) is 12.3 Å². The number of amides is 1. The number of halogens is 2. The van der Waals surface area contributed by atoms with Crippen LogP contribution in [0, 0.1) is 0 Å². The number of hydrogen-bond donors (Lipinski definition) is 1. The van der Waals surface area contributed by atoms with Crippen LogP contribution in [0.2, 0.25) is 10.0 Å². The molecule has 2 rings (SSSR count). The largest absolute Gasteiger partial charge is 0.399 e. The Kier molecular flexibility index (Phi) is 6.38. The molecule has 0 fully saturated rings. The Labute approximate surface area is 144 Å². The molecule has 1 aromatic heterocycles. The van der Waals surface area contributed by atoms with E-state index < -0.39 is 0 Å². The van der Waals surface area contributed by atoms with Crippen molar-refractivity contribution in [1.29, 1.82) is 0 Å². The molecule has 0 atom stereocenters. The molecular weight excluding hydrogens is 337 g/mol. The minimum Gasteiger partial charge on any atom is -0.399 e. The maximum absolute atomic E-state index is 12.0. The Morgan fingerprint density at radius 1 is 1.22 bits per heavy atom. The highest BCUT2D eigenvalue weighted by Gasteiger charge is 2.11. The zero-order valence-electron chi connectivity index (χ0n) is 12.4. The van der Waals surface area contributed by atoms with Gasteiger partial charge in [-0.25, -0.2) is 4.98 Å². The molecule has 0 aliphatic rings. The van der Waals surface area contributed by atoms with Gasteiger partial charge in [0.05, 0.1) is 15.8 Å². The average molecular weight is 352 g/mol. The SMILES string of the molecule is CO/N=C(/CCC(=O)Nc1ccccn1)c1ccc(Cl)c(Cl)c1. The van der Waals surface area contributed by atoms with Crippen molar-refractivity contribution in [1.82, 2.24) is 4.98 Å². The molecule has 5 nitrogen and oxygen atoms in total. The van der Waals surface area contributed by atoms with Crippen molar-refractivity contribution in [2.24, 2.45) is 5.16 Å². The van der Waals surface area contributed by atoms with Gasteiger partial charge < -0.3 is 10.2 Å². The fraction of sp³-hybridized carbons (Fsp3) is 0.188. The molecule has 0 unspecified atom stereocenters. The van der Waals surface area contributed by atoms with Crippen LogP contribution in [-0.2, 0) is 9.63 Å². The zero-order valence-corrected chi connectivity index (χ0v) is 13.9. The first kappa shape index (κ1) is 17.2. The smallest absolute Gasteiger partial charge is 0.225 e. The lowest BCUT2D eigenvalue weighted by molar-refractivity contribution is -0.116. The molecule has 0 radical (unpaired) electrons. The lowest BCUT2D eigenvalue weighted by atomic mass is 10.1. The van der Waals surface area contributed by atoms with Gasteiger partial charge in [-0.3, -0.25) is 4.79 Å². The lowest BCUT2D eigenvalue weighted by Crippen LogP contribution is -2.14. The number of hydrogen-bond acceptors (Lipinski definition) is 4. The molecule has 1 aromatic carbocycles. The molecule has 0 saturated carbocycles. The summed E-state index contributed by atoms with van der Waals surface area (Å²) in [6.45, 7) is 0. The van der Waals surface area contributed by atoms with Gasteiger partial charge in [0.25, 0.3) is 0 Å². The summed E-state index contributed by atoms with van der Waals surface area (Å²) >= 11 is 11.9. The fourth-order valence-electron chi connectivity index (χ4n) is 1.90. The Morgan fingerprint density at radius 2 is 2.04 bits per heavy atom. The van der Waals surface area contributed by atoms with E-state index in [1.54, 1.807) is 42.6 Å². The number of nitrogens with zero attached hydrogens (tertiary/aromatic N) is 2. The number of aromatic nitrogens is 1. The van der Waals surface area contributed by atoms with Crippen molar-refractivity contribution in [3.63, 3.8) is 0 Å². The highest BCUT2D eigenvalue weighted by Crippen LogP contribution is 2.23. The van der Waals surface area contributed by atoms with E-state index in [9.17, 15) is 4.79 Å². The predicted octanol–water partition coefficient (Wildman–Crippen LogP) is 4.16. The molecule has 0 aliphatic carbocycles. The summed E-state index contributed by atoms with van der Waals surface area (Å²) < 4.78 is 0. The highest BCUT2D eigenvalue weighted by molar-refractivity contribution is 6.42. The summed E-state index contributed by atoms with van der Waals surface area (Å²) in [5.41, 5.74) is 1.37. The monoisotopic (exact) mass is 351 g/mol. The van der Waals surface area contributed by atoms with Crippen molar-refractivity contribution in [3.05, 3.63) is 58.2 Å². The van der Waals surface area contributed by atoms with Crippen molar-refractivity contribution in [3.8, 4) is 0 Å². The quantitative estimate of drug-likeness (QED) is 0.627. The predicted molar refractivity (Wildman–Crippen MR) is 92.1 cm³/mol. The third-order valence-electron chi connectivity index (χ3n) is 2.98. The second-order valence-corrected chi connectivity index (χ2v) is 5.43. The molecule has 0 aliphatic heterocycles. The summed E-state index contributed by atoms with van der Waals surface area (Å²) in [7, 11) is 1.45. The van der Waals surface area contributed by atoms with Crippen LogP contribution in [0.5, 0.6) is 0 Å². The second kappa shape index (κ2) is 8.50. The summed E-state index contributed by atoms with van der Waals surface area (Å²) in [5.74, 6) is 0.352. The number of nitrogens with one attached hydrogen (secondary N) is 1. The van der Waals surface area contributed by atoms with Crippen LogP contribution < -0.4 is 5.32 Å². The van der Waals surface area contributed by atoms with E-state index >= 15 is 0 Å². The molecule has 0 spiro atoms. The maximum Gasteiger partial charge on any atom is 0.225 e. The summed E-state index contributed by atoms with van der Waals surface area (Å²) in [4.78, 5) is 20.9. The summed E-state index contributed by atoms with van der Waals surface area (Å²) in [6, 6.07) is 10.5. The van der Waals surface area contributed by atoms with Gasteiger partial charge in [0, 0.05) is 24.6 Å². The van der Waals surface area contributed by atoms with Crippen LogP contribution in [0.15, 0.2) is 47.8 Å². The van der Waals surface area contributed by atoms with Crippen LogP contribution in [-0.4, -0.2) is 23.7 Å². The number of carbonyl (C=O) groups is 1. The third kappa shape index (κ3) is 5.23. The Morgan fingerprint density at radius 3 is 2.70 bits per heavy atom. The van der Waals surface area contributed by atoms with Crippen LogP contribution in [0.4, 0.5) is 5.82 Å². The first-order valence-corrected chi connectivity index (χ1v) is 7.62. The van der Waals surface area contributed by atoms with Crippen LogP contribution in [0.1, 0.15) is 18.4 Å². The molecule has 1 N–H and O–H groups in total. The minimum absolute atomic E-state index is 0.160. The number of rotatable bonds is 6. The van der Waals surface area contributed by atoms with E-state index in [1.165, 1.54) is 7.11 Å². The Hall–Kier alpha value is -2.11. The Bertz CT molecular complexity index is 706.